The number of rotatable bonds is 5. The normalized spacial score (nSPS) is 14.5. The van der Waals surface area contributed by atoms with Crippen molar-refractivity contribution in [3.05, 3.63) is 52.8 Å². The van der Waals surface area contributed by atoms with Crippen molar-refractivity contribution < 1.29 is 19.4 Å². The Morgan fingerprint density at radius 3 is 2.78 bits per heavy atom. The minimum Gasteiger partial charge on any atom is -0.508 e. The van der Waals surface area contributed by atoms with Crippen LogP contribution in [0.5, 0.6) is 5.75 Å². The highest BCUT2D eigenvalue weighted by molar-refractivity contribution is 6.30. The van der Waals surface area contributed by atoms with Crippen LogP contribution in [0.25, 0.3) is 0 Å². The lowest BCUT2D eigenvalue weighted by Gasteiger charge is -2.35. The van der Waals surface area contributed by atoms with Crippen molar-refractivity contribution in [3.63, 3.8) is 0 Å². The third kappa shape index (κ3) is 4.34. The highest BCUT2D eigenvalue weighted by Gasteiger charge is 2.40. The van der Waals surface area contributed by atoms with E-state index in [9.17, 15) is 14.7 Å². The van der Waals surface area contributed by atoms with Gasteiger partial charge in [-0.2, -0.15) is 5.26 Å². The van der Waals surface area contributed by atoms with Gasteiger partial charge in [0.05, 0.1) is 25.7 Å². The first-order valence-electron chi connectivity index (χ1n) is 7.96. The van der Waals surface area contributed by atoms with Crippen molar-refractivity contribution in [2.75, 3.05) is 18.5 Å². The first kappa shape index (κ1) is 18.6. The third-order valence-corrected chi connectivity index (χ3v) is 4.17. The molecule has 3 N–H and O–H groups in total. The van der Waals surface area contributed by atoms with Crippen LogP contribution in [0.2, 0.25) is 5.02 Å². The topological polar surface area (TPSA) is 124 Å². The second-order valence-electron chi connectivity index (χ2n) is 6.07. The molecule has 8 nitrogen and oxygen atoms in total. The van der Waals surface area contributed by atoms with Crippen LogP contribution < -0.4 is 10.6 Å². The second kappa shape index (κ2) is 7.61. The number of hydrogen-bond donors (Lipinski definition) is 3. The SMILES string of the molecule is N#CC1(NC(=O)c2cc(NC(=O)Cc3cc(Cl)ccc3O)ccn2)COC1. The highest BCUT2D eigenvalue weighted by Crippen LogP contribution is 2.22. The fraction of sp³-hybridized carbons (Fsp3) is 0.222. The van der Waals surface area contributed by atoms with E-state index in [1.807, 2.05) is 6.07 Å². The summed E-state index contributed by atoms with van der Waals surface area (Å²) in [5, 5.41) is 24.5. The van der Waals surface area contributed by atoms with E-state index in [1.54, 1.807) is 0 Å². The molecular weight excluding hydrogens is 372 g/mol. The third-order valence-electron chi connectivity index (χ3n) is 3.93. The van der Waals surface area contributed by atoms with E-state index in [2.05, 4.69) is 15.6 Å². The van der Waals surface area contributed by atoms with Gasteiger partial charge in [-0.25, -0.2) is 0 Å². The Balaban J connectivity index is 1.66. The molecule has 0 aliphatic carbocycles. The first-order valence-corrected chi connectivity index (χ1v) is 8.33. The van der Waals surface area contributed by atoms with Gasteiger partial charge >= 0.3 is 0 Å². The number of anilines is 1. The molecule has 2 aromatic rings. The summed E-state index contributed by atoms with van der Waals surface area (Å²) >= 11 is 5.87. The van der Waals surface area contributed by atoms with Crippen LogP contribution >= 0.6 is 11.6 Å². The maximum absolute atomic E-state index is 12.3. The van der Waals surface area contributed by atoms with Gasteiger partial charge in [0, 0.05) is 22.5 Å². The zero-order chi connectivity index (χ0) is 19.4. The van der Waals surface area contributed by atoms with E-state index < -0.39 is 17.4 Å². The monoisotopic (exact) mass is 386 g/mol. The number of amides is 2. The summed E-state index contributed by atoms with van der Waals surface area (Å²) < 4.78 is 4.97. The maximum atomic E-state index is 12.3. The molecule has 0 atom stereocenters. The van der Waals surface area contributed by atoms with Gasteiger partial charge in [0.1, 0.15) is 11.4 Å². The number of phenolic OH excluding ortho intramolecular Hbond substituents is 1. The molecule has 0 spiro atoms. The van der Waals surface area contributed by atoms with Gasteiger partial charge in [-0.3, -0.25) is 14.6 Å². The zero-order valence-electron chi connectivity index (χ0n) is 14.0. The van der Waals surface area contributed by atoms with Crippen molar-refractivity contribution in [2.24, 2.45) is 0 Å². The van der Waals surface area contributed by atoms with Crippen molar-refractivity contribution in [2.45, 2.75) is 12.0 Å². The van der Waals surface area contributed by atoms with Crippen molar-refractivity contribution >= 4 is 29.1 Å². The molecule has 1 aliphatic heterocycles. The summed E-state index contributed by atoms with van der Waals surface area (Å²) in [6, 6.07) is 9.37. The molecule has 0 radical (unpaired) electrons. The highest BCUT2D eigenvalue weighted by atomic mass is 35.5. The molecule has 2 amide bonds. The molecule has 1 aromatic carbocycles. The van der Waals surface area contributed by atoms with Gasteiger partial charge in [-0.15, -0.1) is 0 Å². The van der Waals surface area contributed by atoms with E-state index >= 15 is 0 Å². The molecule has 0 unspecified atom stereocenters. The first-order chi connectivity index (χ1) is 12.9. The number of phenols is 1. The van der Waals surface area contributed by atoms with Crippen molar-refractivity contribution in [3.8, 4) is 11.8 Å². The minimum absolute atomic E-state index is 0.0335. The van der Waals surface area contributed by atoms with Crippen LogP contribution in [0, 0.1) is 11.3 Å². The molecule has 0 bridgehead atoms. The Bertz CT molecular complexity index is 937. The van der Waals surface area contributed by atoms with Gasteiger partial charge in [0.25, 0.3) is 5.91 Å². The molecule has 3 rings (SSSR count). The number of nitrogens with zero attached hydrogens (tertiary/aromatic N) is 2. The van der Waals surface area contributed by atoms with Gasteiger partial charge in [-0.1, -0.05) is 11.6 Å². The number of pyridine rings is 1. The predicted octanol–water partition coefficient (Wildman–Crippen LogP) is 1.64. The maximum Gasteiger partial charge on any atom is 0.271 e. The van der Waals surface area contributed by atoms with Crippen LogP contribution in [0.15, 0.2) is 36.5 Å². The summed E-state index contributed by atoms with van der Waals surface area (Å²) in [5.41, 5.74) is -0.243. The van der Waals surface area contributed by atoms with Crippen LogP contribution in [0.1, 0.15) is 16.1 Å². The van der Waals surface area contributed by atoms with E-state index in [0.29, 0.717) is 16.3 Å². The molecule has 9 heteroatoms. The molecule has 0 saturated carbocycles. The standard InChI is InChI=1S/C18H15ClN4O4/c19-12-1-2-15(24)11(5-12)6-16(25)22-13-3-4-21-14(7-13)17(26)23-18(8-20)9-27-10-18/h1-5,7,24H,6,9-10H2,(H,23,26)(H,21,22,25). The largest absolute Gasteiger partial charge is 0.508 e. The van der Waals surface area contributed by atoms with E-state index in [0.717, 1.165) is 0 Å². The lowest BCUT2D eigenvalue weighted by Crippen LogP contribution is -2.61. The Hall–Kier alpha value is -3.15. The number of hydrogen-bond acceptors (Lipinski definition) is 6. The zero-order valence-corrected chi connectivity index (χ0v) is 14.8. The van der Waals surface area contributed by atoms with Crippen molar-refractivity contribution in [1.29, 1.82) is 5.26 Å². The number of benzene rings is 1. The number of aromatic hydroxyl groups is 1. The number of nitrogens with one attached hydrogen (secondary N) is 2. The molecular formula is C18H15ClN4O4. The van der Waals surface area contributed by atoms with Crippen LogP contribution in [-0.4, -0.2) is 40.7 Å². The Labute approximate surface area is 159 Å². The summed E-state index contributed by atoms with van der Waals surface area (Å²) in [7, 11) is 0. The van der Waals surface area contributed by atoms with Gasteiger partial charge < -0.3 is 20.5 Å². The molecule has 1 saturated heterocycles. The fourth-order valence-electron chi connectivity index (χ4n) is 2.46. The number of aromatic nitrogens is 1. The van der Waals surface area contributed by atoms with Gasteiger partial charge in [0.2, 0.25) is 5.91 Å². The number of nitriles is 1. The fourth-order valence-corrected chi connectivity index (χ4v) is 2.65. The van der Waals surface area contributed by atoms with Crippen LogP contribution in [-0.2, 0) is 16.0 Å². The molecule has 27 heavy (non-hydrogen) atoms. The number of carbonyl (C=O) groups excluding carboxylic acids is 2. The average Bonchev–Trinajstić information content (AvgIpc) is 2.61. The Kier molecular flexibility index (Phi) is 5.26. The van der Waals surface area contributed by atoms with E-state index in [1.165, 1.54) is 36.5 Å². The van der Waals surface area contributed by atoms with E-state index in [-0.39, 0.29) is 31.1 Å². The molecule has 1 fully saturated rings. The van der Waals surface area contributed by atoms with Crippen molar-refractivity contribution in [1.82, 2.24) is 10.3 Å². The van der Waals surface area contributed by atoms with E-state index in [4.69, 9.17) is 21.6 Å². The predicted molar refractivity (Wildman–Crippen MR) is 96.3 cm³/mol. The summed E-state index contributed by atoms with van der Waals surface area (Å²) in [4.78, 5) is 28.5. The lowest BCUT2D eigenvalue weighted by atomic mass is 9.99. The number of halogens is 1. The summed E-state index contributed by atoms with van der Waals surface area (Å²) in [6.07, 6.45) is 1.28. The summed E-state index contributed by atoms with van der Waals surface area (Å²) in [6.45, 7) is 0.240. The summed E-state index contributed by atoms with van der Waals surface area (Å²) in [5.74, 6) is -0.969. The quantitative estimate of drug-likeness (QED) is 0.717. The van der Waals surface area contributed by atoms with Gasteiger partial charge in [-0.05, 0) is 30.3 Å². The molecule has 138 valence electrons. The smallest absolute Gasteiger partial charge is 0.271 e. The Morgan fingerprint density at radius 2 is 2.11 bits per heavy atom. The van der Waals surface area contributed by atoms with Gasteiger partial charge in [0.15, 0.2) is 5.54 Å². The molecule has 1 aliphatic rings. The average molecular weight is 387 g/mol. The number of carbonyl (C=O) groups is 2. The second-order valence-corrected chi connectivity index (χ2v) is 6.51. The van der Waals surface area contributed by atoms with Crippen LogP contribution in [0.4, 0.5) is 5.69 Å². The lowest BCUT2D eigenvalue weighted by molar-refractivity contribution is -0.115. The van der Waals surface area contributed by atoms with Crippen LogP contribution in [0.3, 0.4) is 0 Å². The molecule has 1 aromatic heterocycles. The molecule has 2 heterocycles. The number of ether oxygens (including phenoxy) is 1. The minimum atomic E-state index is -1.04. The Morgan fingerprint density at radius 1 is 1.33 bits per heavy atom.